The van der Waals surface area contributed by atoms with Gasteiger partial charge in [0.15, 0.2) is 6.23 Å². The number of ether oxygens (including phenoxy) is 1. The minimum atomic E-state index is -1.11. The molecule has 2 heterocycles. The van der Waals surface area contributed by atoms with Crippen molar-refractivity contribution >= 4 is 5.91 Å². The Morgan fingerprint density at radius 3 is 2.76 bits per heavy atom. The monoisotopic (exact) mass is 242 g/mol. The number of aliphatic hydroxyl groups excluding tert-OH is 2. The van der Waals surface area contributed by atoms with E-state index in [4.69, 9.17) is 10.5 Å². The van der Waals surface area contributed by atoms with Gasteiger partial charge in [-0.15, -0.1) is 5.10 Å². The number of hydrogen-bond acceptors (Lipinski definition) is 6. The van der Waals surface area contributed by atoms with Gasteiger partial charge in [0.2, 0.25) is 5.82 Å². The van der Waals surface area contributed by atoms with E-state index >= 15 is 0 Å². The average Bonchev–Trinajstić information content (AvgIpc) is 2.87. The molecule has 1 amide bonds. The smallest absolute Gasteiger partial charge is 0.288 e. The summed E-state index contributed by atoms with van der Waals surface area (Å²) in [5.41, 5.74) is 5.01. The highest BCUT2D eigenvalue weighted by Crippen LogP contribution is 2.29. The predicted octanol–water partition coefficient (Wildman–Crippen LogP) is -1.59. The molecule has 0 aliphatic carbocycles. The SMILES string of the molecule is CCC1OC(n2cnc(C(N)=O)n2)C(O)C1O. The van der Waals surface area contributed by atoms with Gasteiger partial charge in [-0.25, -0.2) is 9.67 Å². The van der Waals surface area contributed by atoms with Gasteiger partial charge in [-0.2, -0.15) is 0 Å². The summed E-state index contributed by atoms with van der Waals surface area (Å²) < 4.78 is 6.61. The van der Waals surface area contributed by atoms with E-state index in [2.05, 4.69) is 10.1 Å². The zero-order valence-electron chi connectivity index (χ0n) is 9.22. The normalized spacial score (nSPS) is 32.9. The van der Waals surface area contributed by atoms with Crippen LogP contribution in [-0.2, 0) is 4.74 Å². The highest BCUT2D eigenvalue weighted by Gasteiger charge is 2.43. The first kappa shape index (κ1) is 12.0. The van der Waals surface area contributed by atoms with Crippen molar-refractivity contribution in [1.29, 1.82) is 0 Å². The van der Waals surface area contributed by atoms with Crippen LogP contribution < -0.4 is 5.73 Å². The van der Waals surface area contributed by atoms with Crippen LogP contribution in [-0.4, -0.2) is 49.2 Å². The standard InChI is InChI=1S/C9H14N4O4/c1-2-4-5(14)6(15)9(17-4)13-3-11-8(12-13)7(10)16/h3-6,9,14-15H,2H2,1H3,(H2,10,16). The Kier molecular flexibility index (Phi) is 3.09. The van der Waals surface area contributed by atoms with Crippen LogP contribution in [0.2, 0.25) is 0 Å². The molecular formula is C9H14N4O4. The minimum Gasteiger partial charge on any atom is -0.388 e. The summed E-state index contributed by atoms with van der Waals surface area (Å²) in [4.78, 5) is 14.5. The highest BCUT2D eigenvalue weighted by atomic mass is 16.6. The van der Waals surface area contributed by atoms with Gasteiger partial charge in [0.25, 0.3) is 5.91 Å². The summed E-state index contributed by atoms with van der Waals surface area (Å²) in [6, 6.07) is 0. The molecule has 1 fully saturated rings. The van der Waals surface area contributed by atoms with Crippen LogP contribution in [0.5, 0.6) is 0 Å². The van der Waals surface area contributed by atoms with Crippen LogP contribution in [0.4, 0.5) is 0 Å². The molecule has 1 aromatic rings. The Balaban J connectivity index is 2.19. The van der Waals surface area contributed by atoms with E-state index in [-0.39, 0.29) is 5.82 Å². The summed E-state index contributed by atoms with van der Waals surface area (Å²) in [5.74, 6) is -0.918. The summed E-state index contributed by atoms with van der Waals surface area (Å²) in [6.07, 6.45) is -1.61. The number of aliphatic hydroxyl groups is 2. The summed E-state index contributed by atoms with van der Waals surface area (Å²) in [5, 5.41) is 23.2. The molecule has 0 bridgehead atoms. The van der Waals surface area contributed by atoms with Gasteiger partial charge < -0.3 is 20.7 Å². The van der Waals surface area contributed by atoms with Crippen LogP contribution in [0.3, 0.4) is 0 Å². The average molecular weight is 242 g/mol. The van der Waals surface area contributed by atoms with Crippen LogP contribution in [0.1, 0.15) is 30.2 Å². The molecule has 4 atom stereocenters. The molecule has 1 aliphatic rings. The Bertz CT molecular complexity index is 421. The molecular weight excluding hydrogens is 228 g/mol. The number of nitrogens with zero attached hydrogens (tertiary/aromatic N) is 3. The predicted molar refractivity (Wildman–Crippen MR) is 54.8 cm³/mol. The highest BCUT2D eigenvalue weighted by molar-refractivity contribution is 5.88. The van der Waals surface area contributed by atoms with E-state index in [0.717, 1.165) is 0 Å². The van der Waals surface area contributed by atoms with E-state index in [1.807, 2.05) is 6.92 Å². The molecule has 0 radical (unpaired) electrons. The molecule has 1 saturated heterocycles. The van der Waals surface area contributed by atoms with E-state index in [0.29, 0.717) is 6.42 Å². The number of amides is 1. The molecule has 1 aliphatic heterocycles. The third kappa shape index (κ3) is 2.02. The van der Waals surface area contributed by atoms with E-state index < -0.39 is 30.4 Å². The fraction of sp³-hybridized carbons (Fsp3) is 0.667. The molecule has 2 rings (SSSR count). The first-order valence-corrected chi connectivity index (χ1v) is 5.27. The van der Waals surface area contributed by atoms with Gasteiger partial charge >= 0.3 is 0 Å². The molecule has 4 unspecified atom stereocenters. The number of aromatic nitrogens is 3. The molecule has 17 heavy (non-hydrogen) atoms. The van der Waals surface area contributed by atoms with Crippen molar-refractivity contribution in [1.82, 2.24) is 14.8 Å². The van der Waals surface area contributed by atoms with Crippen molar-refractivity contribution < 1.29 is 19.7 Å². The lowest BCUT2D eigenvalue weighted by atomic mass is 10.1. The second-order valence-corrected chi connectivity index (χ2v) is 3.87. The van der Waals surface area contributed by atoms with Crippen molar-refractivity contribution in [3.05, 3.63) is 12.2 Å². The molecule has 1 aromatic heterocycles. The summed E-state index contributed by atoms with van der Waals surface area (Å²) in [6.45, 7) is 1.83. The fourth-order valence-corrected chi connectivity index (χ4v) is 1.80. The number of carbonyl (C=O) groups is 1. The zero-order chi connectivity index (χ0) is 12.6. The van der Waals surface area contributed by atoms with Gasteiger partial charge in [0.05, 0.1) is 6.10 Å². The third-order valence-corrected chi connectivity index (χ3v) is 2.73. The lowest BCUT2D eigenvalue weighted by Crippen LogP contribution is -2.31. The second kappa shape index (κ2) is 4.40. The maximum Gasteiger partial charge on any atom is 0.288 e. The Labute approximate surface area is 97.0 Å². The van der Waals surface area contributed by atoms with Crippen LogP contribution in [0.25, 0.3) is 0 Å². The van der Waals surface area contributed by atoms with Crippen LogP contribution in [0.15, 0.2) is 6.33 Å². The molecule has 8 nitrogen and oxygen atoms in total. The lowest BCUT2D eigenvalue weighted by Gasteiger charge is -2.13. The summed E-state index contributed by atoms with van der Waals surface area (Å²) in [7, 11) is 0. The van der Waals surface area contributed by atoms with Crippen LogP contribution in [0, 0.1) is 0 Å². The third-order valence-electron chi connectivity index (χ3n) is 2.73. The largest absolute Gasteiger partial charge is 0.388 e. The van der Waals surface area contributed by atoms with E-state index in [1.165, 1.54) is 11.0 Å². The maximum absolute atomic E-state index is 10.8. The molecule has 8 heteroatoms. The fourth-order valence-electron chi connectivity index (χ4n) is 1.80. The lowest BCUT2D eigenvalue weighted by molar-refractivity contribution is -0.0451. The Morgan fingerprint density at radius 2 is 2.29 bits per heavy atom. The van der Waals surface area contributed by atoms with E-state index in [1.54, 1.807) is 0 Å². The van der Waals surface area contributed by atoms with E-state index in [9.17, 15) is 15.0 Å². The Hall–Kier alpha value is -1.51. The molecule has 0 aromatic carbocycles. The molecule has 4 N–H and O–H groups in total. The van der Waals surface area contributed by atoms with Crippen molar-refractivity contribution in [2.75, 3.05) is 0 Å². The quantitative estimate of drug-likeness (QED) is 0.587. The van der Waals surface area contributed by atoms with Gasteiger partial charge in [0.1, 0.15) is 18.5 Å². The number of nitrogens with two attached hydrogens (primary N) is 1. The first-order chi connectivity index (χ1) is 8.04. The first-order valence-electron chi connectivity index (χ1n) is 5.27. The van der Waals surface area contributed by atoms with Gasteiger partial charge in [-0.05, 0) is 6.42 Å². The number of hydrogen-bond donors (Lipinski definition) is 3. The van der Waals surface area contributed by atoms with Crippen molar-refractivity contribution in [3.63, 3.8) is 0 Å². The Morgan fingerprint density at radius 1 is 1.59 bits per heavy atom. The zero-order valence-corrected chi connectivity index (χ0v) is 9.22. The van der Waals surface area contributed by atoms with Crippen molar-refractivity contribution in [2.24, 2.45) is 5.73 Å². The number of carbonyl (C=O) groups excluding carboxylic acids is 1. The number of primary amides is 1. The topological polar surface area (TPSA) is 123 Å². The maximum atomic E-state index is 10.8. The molecule has 94 valence electrons. The van der Waals surface area contributed by atoms with Gasteiger partial charge in [-0.3, -0.25) is 4.79 Å². The second-order valence-electron chi connectivity index (χ2n) is 3.87. The van der Waals surface area contributed by atoms with Gasteiger partial charge in [0, 0.05) is 0 Å². The number of rotatable bonds is 3. The van der Waals surface area contributed by atoms with Crippen LogP contribution >= 0.6 is 0 Å². The molecule has 0 saturated carbocycles. The van der Waals surface area contributed by atoms with Crippen molar-refractivity contribution in [3.8, 4) is 0 Å². The van der Waals surface area contributed by atoms with Crippen molar-refractivity contribution in [2.45, 2.75) is 37.9 Å². The van der Waals surface area contributed by atoms with Gasteiger partial charge in [-0.1, -0.05) is 6.92 Å². The molecule has 0 spiro atoms. The minimum absolute atomic E-state index is 0.157. The summed E-state index contributed by atoms with van der Waals surface area (Å²) >= 11 is 0.